The molecule has 42 heavy (non-hydrogen) atoms. The summed E-state index contributed by atoms with van der Waals surface area (Å²) < 4.78 is 11.1. The second kappa shape index (κ2) is 12.5. The van der Waals surface area contributed by atoms with Crippen LogP contribution in [0.3, 0.4) is 0 Å². The zero-order valence-electron chi connectivity index (χ0n) is 24.4. The summed E-state index contributed by atoms with van der Waals surface area (Å²) in [6.07, 6.45) is 9.60. The number of carbonyl (C=O) groups is 2. The quantitative estimate of drug-likeness (QED) is 0.339. The minimum Gasteiger partial charge on any atom is -0.492 e. The van der Waals surface area contributed by atoms with E-state index in [0.717, 1.165) is 27.8 Å². The number of methoxy groups -OCH3 is 1. The third-order valence-corrected chi connectivity index (χ3v) is 7.36. The van der Waals surface area contributed by atoms with Gasteiger partial charge in [-0.15, -0.1) is 0 Å². The number of ether oxygens (including phenoxy) is 2. The van der Waals surface area contributed by atoms with Gasteiger partial charge in [0.05, 0.1) is 37.7 Å². The lowest BCUT2D eigenvalue weighted by Crippen LogP contribution is -2.43. The highest BCUT2D eigenvalue weighted by Gasteiger charge is 2.26. The maximum atomic E-state index is 13.6. The molecule has 0 spiro atoms. The zero-order chi connectivity index (χ0) is 29.7. The number of morpholine rings is 1. The molecule has 1 fully saturated rings. The van der Waals surface area contributed by atoms with Crippen molar-refractivity contribution in [2.75, 3.05) is 44.0 Å². The molecule has 1 unspecified atom stereocenters. The number of amides is 4. The molecule has 218 valence electrons. The fourth-order valence-corrected chi connectivity index (χ4v) is 5.05. The van der Waals surface area contributed by atoms with Crippen LogP contribution in [0.4, 0.5) is 21.0 Å². The van der Waals surface area contributed by atoms with E-state index < -0.39 is 12.1 Å². The van der Waals surface area contributed by atoms with Crippen molar-refractivity contribution < 1.29 is 19.1 Å². The number of anilines is 2. The van der Waals surface area contributed by atoms with Gasteiger partial charge in [0.2, 0.25) is 0 Å². The zero-order valence-corrected chi connectivity index (χ0v) is 24.4. The predicted molar refractivity (Wildman–Crippen MR) is 166 cm³/mol. The molecule has 1 aliphatic carbocycles. The lowest BCUT2D eigenvalue weighted by Gasteiger charge is -2.29. The van der Waals surface area contributed by atoms with Gasteiger partial charge in [0.25, 0.3) is 0 Å². The molecule has 0 saturated carbocycles. The minimum absolute atomic E-state index is 0.241. The molecule has 2 aliphatic rings. The molecule has 3 aromatic rings. The molecule has 2 aromatic carbocycles. The van der Waals surface area contributed by atoms with Crippen molar-refractivity contribution in [2.45, 2.75) is 32.2 Å². The Bertz CT molecular complexity index is 1500. The summed E-state index contributed by atoms with van der Waals surface area (Å²) in [6.45, 7) is 8.24. The Balaban J connectivity index is 1.45. The molecule has 1 aliphatic heterocycles. The van der Waals surface area contributed by atoms with Gasteiger partial charge in [-0.1, -0.05) is 57.2 Å². The molecule has 2 heterocycles. The Morgan fingerprint density at radius 2 is 1.69 bits per heavy atom. The minimum atomic E-state index is -0.402. The maximum absolute atomic E-state index is 13.6. The normalized spacial score (nSPS) is 17.4. The van der Waals surface area contributed by atoms with Gasteiger partial charge >= 0.3 is 12.1 Å². The van der Waals surface area contributed by atoms with E-state index in [0.29, 0.717) is 43.4 Å². The van der Waals surface area contributed by atoms with E-state index in [1.165, 1.54) is 7.11 Å². The van der Waals surface area contributed by atoms with Crippen LogP contribution in [0.1, 0.15) is 49.1 Å². The first kappa shape index (κ1) is 28.9. The Morgan fingerprint density at radius 1 is 1.00 bits per heavy atom. The molecule has 9 heteroatoms. The Hall–Kier alpha value is -4.63. The molecular formula is C33H37N5O4. The van der Waals surface area contributed by atoms with E-state index in [-0.39, 0.29) is 11.4 Å². The second-order valence-electron chi connectivity index (χ2n) is 11.3. The molecule has 1 saturated heterocycles. The number of pyridine rings is 1. The van der Waals surface area contributed by atoms with Crippen molar-refractivity contribution in [2.24, 2.45) is 0 Å². The highest BCUT2D eigenvalue weighted by molar-refractivity contribution is 5.97. The molecule has 5 rings (SSSR count). The standard InChI is InChI=1S/C33H37N5O4/c1-33(2,3)25-20-27(30(41-4)28(21-25)36-32(40)38-15-17-42-18-16-38)35-31(39)37-29-24(19-22-11-13-34-14-12-22)10-9-23-7-5-6-8-26(23)29/h5-14,19-21,29H,15-18H2,1-4H3,(H,36,40)(H2,35,37,39). The first-order chi connectivity index (χ1) is 20.2. The van der Waals surface area contributed by atoms with Gasteiger partial charge < -0.3 is 30.3 Å². The number of urea groups is 2. The van der Waals surface area contributed by atoms with E-state index in [9.17, 15) is 9.59 Å². The number of fused-ring (bicyclic) bond motifs is 1. The van der Waals surface area contributed by atoms with Crippen LogP contribution in [0, 0.1) is 0 Å². The van der Waals surface area contributed by atoms with Gasteiger partial charge in [-0.05, 0) is 63.6 Å². The van der Waals surface area contributed by atoms with E-state index in [1.807, 2.05) is 60.7 Å². The third-order valence-electron chi connectivity index (χ3n) is 7.36. The van der Waals surface area contributed by atoms with Crippen molar-refractivity contribution >= 4 is 35.6 Å². The molecular weight excluding hydrogens is 530 g/mol. The number of benzene rings is 2. The average Bonchev–Trinajstić information content (AvgIpc) is 2.98. The van der Waals surface area contributed by atoms with Crippen LogP contribution >= 0.6 is 0 Å². The number of nitrogens with one attached hydrogen (secondary N) is 3. The van der Waals surface area contributed by atoms with Crippen molar-refractivity contribution in [1.82, 2.24) is 15.2 Å². The van der Waals surface area contributed by atoms with Crippen LogP contribution in [-0.4, -0.2) is 55.4 Å². The van der Waals surface area contributed by atoms with Gasteiger partial charge in [0, 0.05) is 25.5 Å². The highest BCUT2D eigenvalue weighted by Crippen LogP contribution is 2.39. The molecule has 0 radical (unpaired) electrons. The SMILES string of the molecule is COc1c(NC(=O)NC2C(=Cc3ccncc3)C=Cc3ccccc32)cc(C(C)(C)C)cc1NC(=O)N1CCOCC1. The van der Waals surface area contributed by atoms with Gasteiger partial charge in [0.1, 0.15) is 0 Å². The lowest BCUT2D eigenvalue weighted by atomic mass is 9.86. The van der Waals surface area contributed by atoms with Crippen LogP contribution in [0.15, 0.2) is 72.6 Å². The van der Waals surface area contributed by atoms with Gasteiger partial charge in [-0.25, -0.2) is 9.59 Å². The summed E-state index contributed by atoms with van der Waals surface area (Å²) in [7, 11) is 1.53. The fraction of sp³-hybridized carbons (Fsp3) is 0.303. The van der Waals surface area contributed by atoms with Crippen LogP contribution in [0.2, 0.25) is 0 Å². The van der Waals surface area contributed by atoms with Crippen LogP contribution in [-0.2, 0) is 10.2 Å². The number of aromatic nitrogens is 1. The van der Waals surface area contributed by atoms with Gasteiger partial charge in [-0.3, -0.25) is 4.98 Å². The summed E-state index contributed by atoms with van der Waals surface area (Å²) >= 11 is 0. The van der Waals surface area contributed by atoms with E-state index in [2.05, 4.69) is 47.8 Å². The molecule has 3 N–H and O–H groups in total. The smallest absolute Gasteiger partial charge is 0.322 e. The Labute approximate surface area is 246 Å². The lowest BCUT2D eigenvalue weighted by molar-refractivity contribution is 0.0564. The van der Waals surface area contributed by atoms with Crippen LogP contribution in [0.25, 0.3) is 12.2 Å². The molecule has 1 aromatic heterocycles. The largest absolute Gasteiger partial charge is 0.492 e. The summed E-state index contributed by atoms with van der Waals surface area (Å²) in [4.78, 5) is 32.5. The third kappa shape index (κ3) is 6.63. The number of rotatable bonds is 5. The number of nitrogens with zero attached hydrogens (tertiary/aromatic N) is 2. The van der Waals surface area contributed by atoms with Crippen molar-refractivity contribution in [1.29, 1.82) is 0 Å². The first-order valence-corrected chi connectivity index (χ1v) is 14.1. The topological polar surface area (TPSA) is 105 Å². The van der Waals surface area contributed by atoms with Gasteiger partial charge in [-0.2, -0.15) is 0 Å². The van der Waals surface area contributed by atoms with E-state index in [4.69, 9.17) is 9.47 Å². The molecule has 0 bridgehead atoms. The van der Waals surface area contributed by atoms with Crippen molar-refractivity contribution in [3.05, 3.63) is 94.8 Å². The average molecular weight is 568 g/mol. The maximum Gasteiger partial charge on any atom is 0.322 e. The van der Waals surface area contributed by atoms with E-state index >= 15 is 0 Å². The number of hydrogen-bond donors (Lipinski definition) is 3. The summed E-state index contributed by atoms with van der Waals surface area (Å²) in [5.74, 6) is 0.372. The second-order valence-corrected chi connectivity index (χ2v) is 11.3. The first-order valence-electron chi connectivity index (χ1n) is 14.1. The fourth-order valence-electron chi connectivity index (χ4n) is 5.05. The monoisotopic (exact) mass is 567 g/mol. The molecule has 1 atom stereocenters. The number of carbonyl (C=O) groups excluding carboxylic acids is 2. The van der Waals surface area contributed by atoms with Crippen LogP contribution < -0.4 is 20.7 Å². The van der Waals surface area contributed by atoms with Crippen molar-refractivity contribution in [3.63, 3.8) is 0 Å². The van der Waals surface area contributed by atoms with Crippen molar-refractivity contribution in [3.8, 4) is 5.75 Å². The Morgan fingerprint density at radius 3 is 2.38 bits per heavy atom. The molecule has 4 amide bonds. The summed E-state index contributed by atoms with van der Waals surface area (Å²) in [5.41, 5.74) is 5.56. The van der Waals surface area contributed by atoms with E-state index in [1.54, 1.807) is 17.3 Å². The van der Waals surface area contributed by atoms with Crippen LogP contribution in [0.5, 0.6) is 5.75 Å². The molecule has 9 nitrogen and oxygen atoms in total. The summed E-state index contributed by atoms with van der Waals surface area (Å²) in [5, 5.41) is 9.17. The Kier molecular flexibility index (Phi) is 8.59. The predicted octanol–water partition coefficient (Wildman–Crippen LogP) is 6.23. The van der Waals surface area contributed by atoms with Gasteiger partial charge in [0.15, 0.2) is 5.75 Å². The summed E-state index contributed by atoms with van der Waals surface area (Å²) in [6, 6.07) is 14.6. The highest BCUT2D eigenvalue weighted by atomic mass is 16.5. The number of hydrogen-bond acceptors (Lipinski definition) is 5.